The molecule has 20 heavy (non-hydrogen) atoms. The third-order valence-electron chi connectivity index (χ3n) is 2.79. The summed E-state index contributed by atoms with van der Waals surface area (Å²) in [6.07, 6.45) is 1.76. The van der Waals surface area contributed by atoms with Crippen molar-refractivity contribution in [3.05, 3.63) is 59.7 Å². The lowest BCUT2D eigenvalue weighted by Crippen LogP contribution is -2.26. The quantitative estimate of drug-likeness (QED) is 0.861. The van der Waals surface area contributed by atoms with Crippen LogP contribution < -0.4 is 4.72 Å². The Labute approximate surface area is 121 Å². The lowest BCUT2D eigenvalue weighted by Gasteiger charge is -2.07. The molecule has 0 bridgehead atoms. The molecule has 0 aliphatic carbocycles. The van der Waals surface area contributed by atoms with Crippen LogP contribution in [0.5, 0.6) is 0 Å². The monoisotopic (exact) mass is 288 g/mol. The summed E-state index contributed by atoms with van der Waals surface area (Å²) >= 11 is -0.223. The number of pyridine rings is 1. The van der Waals surface area contributed by atoms with E-state index < -0.39 is 5.82 Å². The minimum absolute atomic E-state index is 0.0908. The molecule has 1 heterocycles. The average molecular weight is 288 g/mol. The molecule has 0 radical (unpaired) electrons. The van der Waals surface area contributed by atoms with Crippen molar-refractivity contribution < 1.29 is 4.39 Å². The lowest BCUT2D eigenvalue weighted by molar-refractivity contribution is 0.622. The second-order valence-electron chi connectivity index (χ2n) is 4.08. The van der Waals surface area contributed by atoms with E-state index in [9.17, 15) is 4.39 Å². The largest absolute Gasteiger partial charge is 0.260 e. The number of nitrogens with zero attached hydrogens (tertiary/aromatic N) is 2. The molecule has 1 aromatic heterocycles. The summed E-state index contributed by atoms with van der Waals surface area (Å²) in [5, 5.41) is 8.89. The van der Waals surface area contributed by atoms with Crippen LogP contribution in [0.4, 0.5) is 4.39 Å². The molecule has 5 heteroatoms. The van der Waals surface area contributed by atoms with Gasteiger partial charge in [-0.05, 0) is 31.2 Å². The van der Waals surface area contributed by atoms with Gasteiger partial charge in [-0.2, -0.15) is 5.26 Å². The Morgan fingerprint density at radius 3 is 2.85 bits per heavy atom. The van der Waals surface area contributed by atoms with Crippen LogP contribution in [0.15, 0.2) is 47.5 Å². The third-order valence-corrected chi connectivity index (χ3v) is 4.68. The van der Waals surface area contributed by atoms with Crippen molar-refractivity contribution in [3.8, 4) is 6.07 Å². The molecule has 1 N–H and O–H groups in total. The van der Waals surface area contributed by atoms with Gasteiger partial charge in [-0.25, -0.2) is 4.39 Å². The molecule has 3 nitrogen and oxygen atoms in total. The summed E-state index contributed by atoms with van der Waals surface area (Å²) in [7, 11) is 0. The number of rotatable bonds is 5. The Hall–Kier alpha value is -1.90. The maximum Gasteiger partial charge on any atom is 0.177 e. The van der Waals surface area contributed by atoms with Crippen LogP contribution in [0.1, 0.15) is 18.2 Å². The molecule has 1 unspecified atom stereocenters. The van der Waals surface area contributed by atoms with Crippen LogP contribution in [-0.4, -0.2) is 10.7 Å². The van der Waals surface area contributed by atoms with Gasteiger partial charge in [-0.15, -0.1) is 4.72 Å². The predicted octanol–water partition coefficient (Wildman–Crippen LogP) is 2.79. The highest BCUT2D eigenvalue weighted by Crippen LogP contribution is 2.16. The highest BCUT2D eigenvalue weighted by Gasteiger charge is 2.21. The molecule has 1 aromatic carbocycles. The zero-order chi connectivity index (χ0) is 14.4. The number of hydrogen-bond donors (Lipinski definition) is 1. The van der Waals surface area contributed by atoms with Crippen molar-refractivity contribution in [1.82, 2.24) is 9.71 Å². The van der Waals surface area contributed by atoms with Crippen molar-refractivity contribution >= 4 is 11.1 Å². The fourth-order valence-electron chi connectivity index (χ4n) is 1.76. The molecular formula is C15H15FN3S+. The van der Waals surface area contributed by atoms with E-state index in [0.29, 0.717) is 6.54 Å². The summed E-state index contributed by atoms with van der Waals surface area (Å²) in [4.78, 5) is 5.20. The molecule has 0 spiro atoms. The van der Waals surface area contributed by atoms with Gasteiger partial charge in [0.25, 0.3) is 0 Å². The number of nitriles is 1. The number of nitrogens with one attached hydrogen (secondary N) is 1. The van der Waals surface area contributed by atoms with E-state index in [4.69, 9.17) is 5.26 Å². The molecule has 0 amide bonds. The van der Waals surface area contributed by atoms with E-state index in [1.54, 1.807) is 18.3 Å². The molecule has 2 rings (SSSR count). The molecular weight excluding hydrogens is 273 g/mol. The number of halogens is 1. The minimum atomic E-state index is -0.472. The Kier molecular flexibility index (Phi) is 5.10. The van der Waals surface area contributed by atoms with Gasteiger partial charge in [0.15, 0.2) is 4.90 Å². The van der Waals surface area contributed by atoms with Crippen molar-refractivity contribution in [2.24, 2.45) is 0 Å². The lowest BCUT2D eigenvalue weighted by atomic mass is 10.2. The summed E-state index contributed by atoms with van der Waals surface area (Å²) in [6, 6.07) is 12.4. The summed E-state index contributed by atoms with van der Waals surface area (Å²) in [5.41, 5.74) is 1.05. The molecule has 0 aliphatic rings. The summed E-state index contributed by atoms with van der Waals surface area (Å²) in [5.74, 6) is 0.407. The molecule has 0 saturated carbocycles. The van der Waals surface area contributed by atoms with Gasteiger partial charge in [0.1, 0.15) is 28.7 Å². The third kappa shape index (κ3) is 3.56. The highest BCUT2D eigenvalue weighted by atomic mass is 32.2. The number of hydrogen-bond acceptors (Lipinski definition) is 3. The topological polar surface area (TPSA) is 48.7 Å². The van der Waals surface area contributed by atoms with Crippen LogP contribution in [-0.2, 0) is 17.6 Å². The van der Waals surface area contributed by atoms with Gasteiger partial charge in [0, 0.05) is 12.3 Å². The number of aromatic nitrogens is 1. The van der Waals surface area contributed by atoms with E-state index in [1.165, 1.54) is 6.07 Å². The van der Waals surface area contributed by atoms with Crippen molar-refractivity contribution in [3.63, 3.8) is 0 Å². The Bertz CT molecular complexity index is 610. The Morgan fingerprint density at radius 1 is 1.35 bits per heavy atom. The highest BCUT2D eigenvalue weighted by molar-refractivity contribution is 7.95. The van der Waals surface area contributed by atoms with Gasteiger partial charge in [-0.3, -0.25) is 4.98 Å². The van der Waals surface area contributed by atoms with Crippen LogP contribution in [0.25, 0.3) is 0 Å². The van der Waals surface area contributed by atoms with Crippen molar-refractivity contribution in [2.75, 3.05) is 5.75 Å². The Balaban J connectivity index is 2.10. The fourth-order valence-corrected chi connectivity index (χ4v) is 3.28. The van der Waals surface area contributed by atoms with E-state index in [1.807, 2.05) is 24.3 Å². The normalized spacial score (nSPS) is 11.8. The number of benzene rings is 1. The maximum absolute atomic E-state index is 13.3. The van der Waals surface area contributed by atoms with Crippen LogP contribution in [0.2, 0.25) is 0 Å². The van der Waals surface area contributed by atoms with E-state index in [0.717, 1.165) is 16.3 Å². The second-order valence-corrected chi connectivity index (χ2v) is 6.19. The maximum atomic E-state index is 13.3. The smallest absolute Gasteiger partial charge is 0.177 e. The Morgan fingerprint density at radius 2 is 2.20 bits per heavy atom. The molecule has 1 atom stereocenters. The standard InChI is InChI=1S/C15H15FN3S/c1-2-20(19-11-13-5-3-4-8-18-13)14-6-7-15(16)12(9-14)10-17/h3-9,19H,2,11H2,1H3/q+1. The minimum Gasteiger partial charge on any atom is -0.260 e. The first-order valence-electron chi connectivity index (χ1n) is 6.28. The predicted molar refractivity (Wildman–Crippen MR) is 78.4 cm³/mol. The first-order chi connectivity index (χ1) is 9.74. The van der Waals surface area contributed by atoms with Crippen molar-refractivity contribution in [1.29, 1.82) is 5.26 Å². The van der Waals surface area contributed by atoms with Crippen LogP contribution in [0.3, 0.4) is 0 Å². The van der Waals surface area contributed by atoms with Gasteiger partial charge in [-0.1, -0.05) is 6.07 Å². The first-order valence-corrected chi connectivity index (χ1v) is 7.68. The van der Waals surface area contributed by atoms with Crippen LogP contribution >= 0.6 is 0 Å². The van der Waals surface area contributed by atoms with E-state index in [2.05, 4.69) is 16.6 Å². The molecule has 0 aliphatic heterocycles. The zero-order valence-electron chi connectivity index (χ0n) is 11.1. The molecule has 102 valence electrons. The van der Waals surface area contributed by atoms with E-state index in [-0.39, 0.29) is 16.6 Å². The van der Waals surface area contributed by atoms with Gasteiger partial charge in [0.05, 0.1) is 17.8 Å². The average Bonchev–Trinajstić information content (AvgIpc) is 2.50. The van der Waals surface area contributed by atoms with Crippen molar-refractivity contribution in [2.45, 2.75) is 18.4 Å². The molecule has 2 aromatic rings. The summed E-state index contributed by atoms with van der Waals surface area (Å²) < 4.78 is 16.7. The van der Waals surface area contributed by atoms with Gasteiger partial charge < -0.3 is 0 Å². The second kappa shape index (κ2) is 7.04. The molecule has 0 saturated heterocycles. The van der Waals surface area contributed by atoms with Gasteiger partial charge in [0.2, 0.25) is 0 Å². The zero-order valence-corrected chi connectivity index (χ0v) is 12.0. The first kappa shape index (κ1) is 14.5. The van der Waals surface area contributed by atoms with Gasteiger partial charge >= 0.3 is 0 Å². The molecule has 0 fully saturated rings. The fraction of sp³-hybridized carbons (Fsp3) is 0.200. The summed E-state index contributed by atoms with van der Waals surface area (Å²) in [6.45, 7) is 2.71. The SMILES string of the molecule is CC[S+](NCc1ccccn1)c1ccc(F)c(C#N)c1. The van der Waals surface area contributed by atoms with E-state index >= 15 is 0 Å². The van der Waals surface area contributed by atoms with Crippen LogP contribution in [0, 0.1) is 17.1 Å².